The molecule has 9 heteroatoms. The molecule has 0 amide bonds. The van der Waals surface area contributed by atoms with E-state index in [2.05, 4.69) is 10.1 Å². The Bertz CT molecular complexity index is 1130. The quantitative estimate of drug-likeness (QED) is 0.386. The molecule has 3 aromatic rings. The van der Waals surface area contributed by atoms with Crippen molar-refractivity contribution in [3.63, 3.8) is 0 Å². The van der Waals surface area contributed by atoms with Crippen LogP contribution < -0.4 is 5.56 Å². The van der Waals surface area contributed by atoms with Gasteiger partial charge in [-0.05, 0) is 43.7 Å². The van der Waals surface area contributed by atoms with Gasteiger partial charge >= 0.3 is 0 Å². The molecule has 0 aliphatic carbocycles. The second kappa shape index (κ2) is 7.38. The van der Waals surface area contributed by atoms with Gasteiger partial charge in [0.2, 0.25) is 0 Å². The average molecular weight is 405 g/mol. The lowest BCUT2D eigenvalue weighted by Gasteiger charge is -2.04. The van der Waals surface area contributed by atoms with Crippen molar-refractivity contribution in [2.75, 3.05) is 0 Å². The first kappa shape index (κ1) is 18.9. The number of nitrogens with zero attached hydrogens (tertiary/aromatic N) is 3. The Morgan fingerprint density at radius 2 is 1.89 bits per heavy atom. The molecule has 3 rings (SSSR count). The number of halogens is 2. The first-order valence-electron chi connectivity index (χ1n) is 7.84. The Balaban J connectivity index is 1.99. The molecule has 1 aromatic heterocycles. The van der Waals surface area contributed by atoms with Gasteiger partial charge in [-0.25, -0.2) is 4.68 Å². The summed E-state index contributed by atoms with van der Waals surface area (Å²) in [6, 6.07) is 9.47. The second-order valence-electron chi connectivity index (χ2n) is 5.88. The fraction of sp³-hybridized carbons (Fsp3) is 0.111. The number of aromatic nitrogens is 2. The summed E-state index contributed by atoms with van der Waals surface area (Å²) in [5.74, 6) is 0. The van der Waals surface area contributed by atoms with Crippen LogP contribution in [0.1, 0.15) is 16.8 Å². The minimum absolute atomic E-state index is 0.0235. The summed E-state index contributed by atoms with van der Waals surface area (Å²) in [5.41, 5.74) is 2.20. The van der Waals surface area contributed by atoms with Crippen LogP contribution >= 0.6 is 23.2 Å². The Morgan fingerprint density at radius 3 is 2.56 bits per heavy atom. The number of hydrogen-bond donors (Lipinski definition) is 1. The molecule has 0 spiro atoms. The molecule has 0 fully saturated rings. The van der Waals surface area contributed by atoms with E-state index in [9.17, 15) is 14.9 Å². The molecule has 0 aliphatic heterocycles. The summed E-state index contributed by atoms with van der Waals surface area (Å²) < 4.78 is 1.37. The lowest BCUT2D eigenvalue weighted by molar-refractivity contribution is -0.384. The first-order valence-corrected chi connectivity index (χ1v) is 8.59. The minimum Gasteiger partial charge on any atom is -0.295 e. The van der Waals surface area contributed by atoms with Crippen LogP contribution in [0.4, 0.5) is 11.4 Å². The van der Waals surface area contributed by atoms with Gasteiger partial charge in [-0.15, -0.1) is 0 Å². The van der Waals surface area contributed by atoms with Crippen LogP contribution in [-0.2, 0) is 0 Å². The van der Waals surface area contributed by atoms with Crippen LogP contribution in [0.3, 0.4) is 0 Å². The van der Waals surface area contributed by atoms with E-state index in [4.69, 9.17) is 23.2 Å². The van der Waals surface area contributed by atoms with Crippen LogP contribution in [0.2, 0.25) is 10.0 Å². The fourth-order valence-electron chi connectivity index (χ4n) is 2.47. The lowest BCUT2D eigenvalue weighted by atomic mass is 10.2. The number of benzene rings is 2. The summed E-state index contributed by atoms with van der Waals surface area (Å²) in [6.07, 6.45) is 1.37. The Morgan fingerprint density at radius 1 is 1.15 bits per heavy atom. The number of hydrogen-bond acceptors (Lipinski definition) is 4. The molecule has 138 valence electrons. The smallest absolute Gasteiger partial charge is 0.290 e. The number of aliphatic imine (C=N–C) groups is 1. The van der Waals surface area contributed by atoms with Gasteiger partial charge in [0.25, 0.3) is 11.2 Å². The van der Waals surface area contributed by atoms with E-state index in [1.54, 1.807) is 19.1 Å². The largest absolute Gasteiger partial charge is 0.295 e. The van der Waals surface area contributed by atoms with Crippen molar-refractivity contribution in [1.82, 2.24) is 9.78 Å². The van der Waals surface area contributed by atoms with E-state index < -0.39 is 4.92 Å². The van der Waals surface area contributed by atoms with Crippen molar-refractivity contribution >= 4 is 40.8 Å². The minimum atomic E-state index is -0.586. The van der Waals surface area contributed by atoms with Gasteiger partial charge in [-0.3, -0.25) is 25.0 Å². The predicted molar refractivity (Wildman–Crippen MR) is 106 cm³/mol. The second-order valence-corrected chi connectivity index (χ2v) is 6.69. The predicted octanol–water partition coefficient (Wildman–Crippen LogP) is 4.75. The maximum atomic E-state index is 12.7. The highest BCUT2D eigenvalue weighted by molar-refractivity contribution is 6.32. The van der Waals surface area contributed by atoms with Gasteiger partial charge in [0.05, 0.1) is 21.9 Å². The van der Waals surface area contributed by atoms with E-state index in [0.717, 1.165) is 5.56 Å². The van der Waals surface area contributed by atoms with Crippen molar-refractivity contribution in [2.24, 2.45) is 4.99 Å². The lowest BCUT2D eigenvalue weighted by Crippen LogP contribution is -2.17. The molecule has 0 radical (unpaired) electrons. The van der Waals surface area contributed by atoms with Crippen molar-refractivity contribution in [2.45, 2.75) is 13.8 Å². The standard InChI is InChI=1S/C18H14Cl2N4O3/c1-10-3-5-13(8-16(10)20)23-18(25)14(11(2)22-23)9-21-12-4-6-15(19)17(7-12)24(26)27/h3-9,22H,1-2H3. The molecule has 1 N–H and O–H groups in total. The highest BCUT2D eigenvalue weighted by Gasteiger charge is 2.14. The van der Waals surface area contributed by atoms with Crippen LogP contribution in [0.25, 0.3) is 5.69 Å². The van der Waals surface area contributed by atoms with Crippen molar-refractivity contribution in [3.05, 3.63) is 83.7 Å². The summed E-state index contributed by atoms with van der Waals surface area (Å²) in [7, 11) is 0. The summed E-state index contributed by atoms with van der Waals surface area (Å²) in [6.45, 7) is 3.61. The van der Waals surface area contributed by atoms with Crippen molar-refractivity contribution < 1.29 is 4.92 Å². The number of nitro groups is 1. The van der Waals surface area contributed by atoms with Crippen LogP contribution in [0, 0.1) is 24.0 Å². The normalized spacial score (nSPS) is 11.3. The zero-order valence-electron chi connectivity index (χ0n) is 14.4. The topological polar surface area (TPSA) is 93.3 Å². The molecule has 0 atom stereocenters. The number of aryl methyl sites for hydroxylation is 2. The Kier molecular flexibility index (Phi) is 5.16. The molecule has 2 aromatic carbocycles. The van der Waals surface area contributed by atoms with Crippen LogP contribution in [-0.4, -0.2) is 20.9 Å². The summed E-state index contributed by atoms with van der Waals surface area (Å²) in [5, 5.41) is 14.5. The molecule has 27 heavy (non-hydrogen) atoms. The average Bonchev–Trinajstić information content (AvgIpc) is 2.90. The number of nitro benzene ring substituents is 1. The highest BCUT2D eigenvalue weighted by atomic mass is 35.5. The van der Waals surface area contributed by atoms with E-state index in [1.165, 1.54) is 29.1 Å². The zero-order chi connectivity index (χ0) is 19.7. The van der Waals surface area contributed by atoms with Gasteiger partial charge in [0, 0.05) is 23.0 Å². The first-order chi connectivity index (χ1) is 12.8. The Hall–Kier alpha value is -2.90. The zero-order valence-corrected chi connectivity index (χ0v) is 15.9. The van der Waals surface area contributed by atoms with Gasteiger partial charge in [-0.2, -0.15) is 0 Å². The molecular formula is C18H14Cl2N4O3. The molecular weight excluding hydrogens is 391 g/mol. The molecule has 1 heterocycles. The third kappa shape index (κ3) is 3.79. The van der Waals surface area contributed by atoms with Crippen molar-refractivity contribution in [3.8, 4) is 5.69 Å². The summed E-state index contributed by atoms with van der Waals surface area (Å²) in [4.78, 5) is 27.3. The molecule has 0 saturated heterocycles. The molecule has 0 saturated carbocycles. The molecule has 7 nitrogen and oxygen atoms in total. The Labute approximate surface area is 164 Å². The molecule has 0 unspecified atom stereocenters. The number of rotatable bonds is 4. The van der Waals surface area contributed by atoms with E-state index in [1.807, 2.05) is 13.0 Å². The maximum Gasteiger partial charge on any atom is 0.290 e. The highest BCUT2D eigenvalue weighted by Crippen LogP contribution is 2.28. The van der Waals surface area contributed by atoms with Gasteiger partial charge in [-0.1, -0.05) is 29.3 Å². The van der Waals surface area contributed by atoms with E-state index >= 15 is 0 Å². The molecule has 0 bridgehead atoms. The molecule has 0 aliphatic rings. The van der Waals surface area contributed by atoms with Gasteiger partial charge in [0.15, 0.2) is 0 Å². The van der Waals surface area contributed by atoms with Crippen LogP contribution in [0.15, 0.2) is 46.2 Å². The number of H-pyrrole nitrogens is 1. The number of nitrogens with one attached hydrogen (secondary N) is 1. The monoisotopic (exact) mass is 404 g/mol. The number of aromatic amines is 1. The van der Waals surface area contributed by atoms with E-state index in [-0.39, 0.29) is 16.3 Å². The van der Waals surface area contributed by atoms with Crippen LogP contribution in [0.5, 0.6) is 0 Å². The SMILES string of the molecule is Cc1ccc(-n2[nH]c(C)c(C=Nc3ccc(Cl)c([N+](=O)[O-])c3)c2=O)cc1Cl. The van der Waals surface area contributed by atoms with Gasteiger partial charge < -0.3 is 0 Å². The van der Waals surface area contributed by atoms with Crippen molar-refractivity contribution in [1.29, 1.82) is 0 Å². The maximum absolute atomic E-state index is 12.7. The third-order valence-electron chi connectivity index (χ3n) is 4.00. The fourth-order valence-corrected chi connectivity index (χ4v) is 2.84. The third-order valence-corrected chi connectivity index (χ3v) is 4.73. The van der Waals surface area contributed by atoms with Gasteiger partial charge in [0.1, 0.15) is 5.02 Å². The summed E-state index contributed by atoms with van der Waals surface area (Å²) >= 11 is 11.9. The van der Waals surface area contributed by atoms with E-state index in [0.29, 0.717) is 27.7 Å².